The van der Waals surface area contributed by atoms with Crippen molar-refractivity contribution in [1.82, 2.24) is 0 Å². The number of ether oxygens (including phenoxy) is 1. The molecule has 128 valence electrons. The van der Waals surface area contributed by atoms with E-state index in [1.807, 2.05) is 13.0 Å². The van der Waals surface area contributed by atoms with Gasteiger partial charge in [0.1, 0.15) is 6.61 Å². The lowest BCUT2D eigenvalue weighted by molar-refractivity contribution is -0.137. The van der Waals surface area contributed by atoms with Crippen molar-refractivity contribution in [2.24, 2.45) is 0 Å². The first kappa shape index (κ1) is 20.9. The summed E-state index contributed by atoms with van der Waals surface area (Å²) >= 11 is 0. The Morgan fingerprint density at radius 3 is 2.00 bits per heavy atom. The van der Waals surface area contributed by atoms with E-state index in [1.54, 1.807) is 0 Å². The summed E-state index contributed by atoms with van der Waals surface area (Å²) in [5.74, 6) is -1.81. The highest BCUT2D eigenvalue weighted by Crippen LogP contribution is 2.11. The summed E-state index contributed by atoms with van der Waals surface area (Å²) in [7, 11) is 0. The van der Waals surface area contributed by atoms with Crippen LogP contribution in [0.5, 0.6) is 0 Å². The van der Waals surface area contributed by atoms with E-state index in [1.165, 1.54) is 11.1 Å². The fraction of sp³-hybridized carbons (Fsp3) is 0.474. The van der Waals surface area contributed by atoms with Crippen LogP contribution < -0.4 is 0 Å². The zero-order valence-corrected chi connectivity index (χ0v) is 14.6. The lowest BCUT2D eigenvalue weighted by atomic mass is 10.1. The summed E-state index contributed by atoms with van der Waals surface area (Å²) in [6.07, 6.45) is 12.1. The Labute approximate surface area is 139 Å². The van der Waals surface area contributed by atoms with Crippen molar-refractivity contribution >= 4 is 11.9 Å². The van der Waals surface area contributed by atoms with Crippen molar-refractivity contribution in [2.45, 2.75) is 53.4 Å². The number of hydrogen-bond donors (Lipinski definition) is 1. The lowest BCUT2D eigenvalue weighted by Gasteiger charge is -2.02. The molecule has 0 unspecified atom stereocenters. The van der Waals surface area contributed by atoms with Gasteiger partial charge in [0, 0.05) is 12.2 Å². The molecular formula is C19H28O4. The smallest absolute Gasteiger partial charge is 0.331 e. The molecule has 1 N–H and O–H groups in total. The van der Waals surface area contributed by atoms with Gasteiger partial charge in [-0.3, -0.25) is 0 Å². The molecule has 0 aliphatic heterocycles. The summed E-state index contributed by atoms with van der Waals surface area (Å²) in [6.45, 7) is 8.52. The number of carboxylic acid groups (broad SMARTS) is 1. The summed E-state index contributed by atoms with van der Waals surface area (Å²) < 4.78 is 4.88. The van der Waals surface area contributed by atoms with Gasteiger partial charge >= 0.3 is 11.9 Å². The van der Waals surface area contributed by atoms with E-state index >= 15 is 0 Å². The number of carbonyl (C=O) groups excluding carboxylic acids is 1. The molecule has 0 radical (unpaired) electrons. The van der Waals surface area contributed by atoms with Crippen LogP contribution in [-0.4, -0.2) is 23.7 Å². The van der Waals surface area contributed by atoms with Gasteiger partial charge in [0.25, 0.3) is 0 Å². The maximum absolute atomic E-state index is 11.2. The molecule has 0 saturated carbocycles. The van der Waals surface area contributed by atoms with Gasteiger partial charge in [-0.2, -0.15) is 0 Å². The summed E-state index contributed by atoms with van der Waals surface area (Å²) in [5.41, 5.74) is 3.89. The summed E-state index contributed by atoms with van der Waals surface area (Å²) in [5, 5.41) is 8.38. The quantitative estimate of drug-likeness (QED) is 0.363. The predicted octanol–water partition coefficient (Wildman–Crippen LogP) is 4.59. The zero-order valence-electron chi connectivity index (χ0n) is 14.6. The van der Waals surface area contributed by atoms with E-state index in [0.29, 0.717) is 0 Å². The van der Waals surface area contributed by atoms with Gasteiger partial charge < -0.3 is 9.84 Å². The monoisotopic (exact) mass is 320 g/mol. The van der Waals surface area contributed by atoms with Crippen LogP contribution >= 0.6 is 0 Å². The van der Waals surface area contributed by atoms with Crippen molar-refractivity contribution in [3.8, 4) is 0 Å². The number of hydrogen-bond acceptors (Lipinski definition) is 3. The maximum atomic E-state index is 11.2. The van der Waals surface area contributed by atoms with Crippen LogP contribution in [0.25, 0.3) is 0 Å². The lowest BCUT2D eigenvalue weighted by Crippen LogP contribution is -2.02. The van der Waals surface area contributed by atoms with Gasteiger partial charge in [-0.05, 0) is 59.5 Å². The van der Waals surface area contributed by atoms with Crippen LogP contribution in [0.4, 0.5) is 0 Å². The molecule has 0 amide bonds. The second-order valence-electron chi connectivity index (χ2n) is 5.76. The van der Waals surface area contributed by atoms with Crippen molar-refractivity contribution < 1.29 is 19.4 Å². The van der Waals surface area contributed by atoms with Crippen molar-refractivity contribution in [2.75, 3.05) is 6.61 Å². The van der Waals surface area contributed by atoms with Gasteiger partial charge in [-0.25, -0.2) is 9.59 Å². The van der Waals surface area contributed by atoms with Crippen LogP contribution in [0.1, 0.15) is 53.4 Å². The predicted molar refractivity (Wildman–Crippen MR) is 93.1 cm³/mol. The van der Waals surface area contributed by atoms with Crippen molar-refractivity contribution in [1.29, 1.82) is 0 Å². The van der Waals surface area contributed by atoms with Gasteiger partial charge in [0.2, 0.25) is 0 Å². The SMILES string of the molecule is CC(C)=CCC/C(C)=C/CC/C(C)=C/COC(=O)/C=C/C(=O)O. The number of esters is 1. The molecule has 0 atom stereocenters. The highest BCUT2D eigenvalue weighted by atomic mass is 16.5. The molecule has 0 fully saturated rings. The normalized spacial score (nSPS) is 12.3. The van der Waals surface area contributed by atoms with E-state index < -0.39 is 11.9 Å². The Morgan fingerprint density at radius 1 is 0.870 bits per heavy atom. The fourth-order valence-electron chi connectivity index (χ4n) is 1.79. The van der Waals surface area contributed by atoms with Crippen LogP contribution in [0.2, 0.25) is 0 Å². The molecule has 0 spiro atoms. The Balaban J connectivity index is 4.00. The first-order chi connectivity index (χ1) is 10.8. The van der Waals surface area contributed by atoms with E-state index in [0.717, 1.165) is 43.4 Å². The average molecular weight is 320 g/mol. The standard InChI is InChI=1S/C19H28O4/c1-15(2)7-5-8-16(3)9-6-10-17(4)13-14-23-19(22)12-11-18(20)21/h7,9,11-13H,5-6,8,10,14H2,1-4H3,(H,20,21)/b12-11+,16-9+,17-13+. The third-order valence-electron chi connectivity index (χ3n) is 3.14. The third kappa shape index (κ3) is 14.6. The molecule has 23 heavy (non-hydrogen) atoms. The van der Waals surface area contributed by atoms with Crippen LogP contribution in [0.3, 0.4) is 0 Å². The number of carbonyl (C=O) groups is 2. The van der Waals surface area contributed by atoms with Crippen molar-refractivity contribution in [3.63, 3.8) is 0 Å². The third-order valence-corrected chi connectivity index (χ3v) is 3.14. The summed E-state index contributed by atoms with van der Waals surface area (Å²) in [4.78, 5) is 21.4. The largest absolute Gasteiger partial charge is 0.478 e. The molecular weight excluding hydrogens is 292 g/mol. The Hall–Kier alpha value is -2.10. The minimum absolute atomic E-state index is 0.165. The molecule has 0 saturated heterocycles. The minimum atomic E-state index is -1.17. The number of allylic oxidation sites excluding steroid dienone is 5. The van der Waals surface area contributed by atoms with Gasteiger partial charge in [0.05, 0.1) is 0 Å². The Kier molecular flexibility index (Phi) is 11.3. The molecule has 0 aliphatic rings. The van der Waals surface area contributed by atoms with Gasteiger partial charge in [-0.1, -0.05) is 28.9 Å². The van der Waals surface area contributed by atoms with E-state index in [2.05, 4.69) is 32.9 Å². The topological polar surface area (TPSA) is 63.6 Å². The summed E-state index contributed by atoms with van der Waals surface area (Å²) in [6, 6.07) is 0. The zero-order chi connectivity index (χ0) is 17.7. The molecule has 0 heterocycles. The average Bonchev–Trinajstić information content (AvgIpc) is 2.44. The highest BCUT2D eigenvalue weighted by Gasteiger charge is 1.97. The van der Waals surface area contributed by atoms with E-state index in [9.17, 15) is 9.59 Å². The highest BCUT2D eigenvalue weighted by molar-refractivity contribution is 5.90. The molecule has 0 aromatic carbocycles. The Bertz CT molecular complexity index is 503. The fourth-order valence-corrected chi connectivity index (χ4v) is 1.79. The van der Waals surface area contributed by atoms with Gasteiger partial charge in [0.15, 0.2) is 0 Å². The molecule has 0 rings (SSSR count). The van der Waals surface area contributed by atoms with Crippen LogP contribution in [0, 0.1) is 0 Å². The molecule has 4 heteroatoms. The van der Waals surface area contributed by atoms with E-state index in [-0.39, 0.29) is 6.61 Å². The molecule has 4 nitrogen and oxygen atoms in total. The molecule has 0 aromatic heterocycles. The first-order valence-corrected chi connectivity index (χ1v) is 7.83. The maximum Gasteiger partial charge on any atom is 0.331 e. The number of aliphatic carboxylic acids is 1. The van der Waals surface area contributed by atoms with Crippen molar-refractivity contribution in [3.05, 3.63) is 47.1 Å². The molecule has 0 aromatic rings. The second kappa shape index (κ2) is 12.4. The second-order valence-corrected chi connectivity index (χ2v) is 5.76. The van der Waals surface area contributed by atoms with E-state index in [4.69, 9.17) is 9.84 Å². The first-order valence-electron chi connectivity index (χ1n) is 7.83. The number of rotatable bonds is 10. The number of carboxylic acids is 1. The van der Waals surface area contributed by atoms with Crippen LogP contribution in [0.15, 0.2) is 47.1 Å². The molecule has 0 aliphatic carbocycles. The Morgan fingerprint density at radius 2 is 1.43 bits per heavy atom. The minimum Gasteiger partial charge on any atom is -0.478 e. The van der Waals surface area contributed by atoms with Gasteiger partial charge in [-0.15, -0.1) is 0 Å². The molecule has 0 bridgehead atoms. The van der Waals surface area contributed by atoms with Crippen LogP contribution in [-0.2, 0) is 14.3 Å².